The third-order valence-electron chi connectivity index (χ3n) is 3.68. The maximum atomic E-state index is 11.7. The molecular weight excluding hydrogens is 210 g/mol. The molecule has 2 rings (SSSR count). The van der Waals surface area contributed by atoms with Crippen LogP contribution in [0.1, 0.15) is 39.0 Å². The second-order valence-electron chi connectivity index (χ2n) is 4.95. The highest BCUT2D eigenvalue weighted by Crippen LogP contribution is 2.28. The Kier molecular flexibility index (Phi) is 4.18. The zero-order valence-electron chi connectivity index (χ0n) is 10.6. The second-order valence-corrected chi connectivity index (χ2v) is 4.95. The van der Waals surface area contributed by atoms with Gasteiger partial charge in [-0.25, -0.2) is 0 Å². The minimum Gasteiger partial charge on any atom is -0.313 e. The highest BCUT2D eigenvalue weighted by atomic mass is 16.2. The molecule has 0 aliphatic heterocycles. The van der Waals surface area contributed by atoms with E-state index in [1.54, 1.807) is 6.92 Å². The van der Waals surface area contributed by atoms with E-state index in [2.05, 4.69) is 0 Å². The molecule has 1 aromatic rings. The van der Waals surface area contributed by atoms with Gasteiger partial charge in [0.2, 0.25) is 5.91 Å². The monoisotopic (exact) mass is 231 g/mol. The highest BCUT2D eigenvalue weighted by Gasteiger charge is 2.18. The van der Waals surface area contributed by atoms with Gasteiger partial charge in [-0.15, -0.1) is 0 Å². The molecule has 1 fully saturated rings. The predicted molar refractivity (Wildman–Crippen MR) is 71.0 cm³/mol. The third kappa shape index (κ3) is 3.32. The van der Waals surface area contributed by atoms with Crippen LogP contribution in [0.4, 0.5) is 5.69 Å². The van der Waals surface area contributed by atoms with E-state index in [0.717, 1.165) is 24.6 Å². The first kappa shape index (κ1) is 12.2. The van der Waals surface area contributed by atoms with Gasteiger partial charge in [0.05, 0.1) is 0 Å². The minimum absolute atomic E-state index is 0.147. The van der Waals surface area contributed by atoms with Gasteiger partial charge in [-0.2, -0.15) is 0 Å². The van der Waals surface area contributed by atoms with Crippen molar-refractivity contribution in [3.8, 4) is 0 Å². The van der Waals surface area contributed by atoms with Crippen LogP contribution in [0.15, 0.2) is 30.3 Å². The Balaban J connectivity index is 1.95. The van der Waals surface area contributed by atoms with Gasteiger partial charge in [0.25, 0.3) is 0 Å². The van der Waals surface area contributed by atoms with Crippen molar-refractivity contribution in [1.29, 1.82) is 0 Å². The predicted octanol–water partition coefficient (Wildman–Crippen LogP) is 3.62. The number of hydrogen-bond acceptors (Lipinski definition) is 1. The summed E-state index contributed by atoms with van der Waals surface area (Å²) in [4.78, 5) is 13.6. The number of hydrogen-bond donors (Lipinski definition) is 0. The lowest BCUT2D eigenvalue weighted by molar-refractivity contribution is -0.116. The molecule has 0 atom stereocenters. The first-order chi connectivity index (χ1) is 8.27. The van der Waals surface area contributed by atoms with Crippen LogP contribution in [-0.2, 0) is 4.79 Å². The fourth-order valence-corrected chi connectivity index (χ4v) is 2.69. The van der Waals surface area contributed by atoms with E-state index >= 15 is 0 Å². The molecule has 0 spiro atoms. The van der Waals surface area contributed by atoms with Gasteiger partial charge in [0.15, 0.2) is 0 Å². The van der Waals surface area contributed by atoms with Crippen molar-refractivity contribution in [2.24, 2.45) is 5.92 Å². The molecule has 0 bridgehead atoms. The Morgan fingerprint density at radius 2 is 1.88 bits per heavy atom. The van der Waals surface area contributed by atoms with Gasteiger partial charge in [-0.1, -0.05) is 43.9 Å². The molecule has 17 heavy (non-hydrogen) atoms. The van der Waals surface area contributed by atoms with E-state index in [0.29, 0.717) is 0 Å². The van der Waals surface area contributed by atoms with Gasteiger partial charge in [-0.3, -0.25) is 4.79 Å². The quantitative estimate of drug-likeness (QED) is 0.775. The average Bonchev–Trinajstić information content (AvgIpc) is 2.83. The standard InChI is InChI=1S/C15H21NO/c1-13(17)16(15-9-3-2-4-10-15)12-11-14-7-5-6-8-14/h2-4,9-10,14H,5-8,11-12H2,1H3. The molecule has 2 nitrogen and oxygen atoms in total. The first-order valence-electron chi connectivity index (χ1n) is 6.60. The molecule has 1 aliphatic carbocycles. The molecule has 0 heterocycles. The van der Waals surface area contributed by atoms with E-state index in [1.165, 1.54) is 25.7 Å². The normalized spacial score (nSPS) is 16.1. The van der Waals surface area contributed by atoms with E-state index in [4.69, 9.17) is 0 Å². The fraction of sp³-hybridized carbons (Fsp3) is 0.533. The van der Waals surface area contributed by atoms with Crippen molar-refractivity contribution in [3.05, 3.63) is 30.3 Å². The SMILES string of the molecule is CC(=O)N(CCC1CCCC1)c1ccccc1. The van der Waals surface area contributed by atoms with Gasteiger partial charge >= 0.3 is 0 Å². The Labute approximate surface area is 104 Å². The minimum atomic E-state index is 0.147. The summed E-state index contributed by atoms with van der Waals surface area (Å²) >= 11 is 0. The summed E-state index contributed by atoms with van der Waals surface area (Å²) in [6, 6.07) is 9.98. The molecule has 92 valence electrons. The van der Waals surface area contributed by atoms with Crippen molar-refractivity contribution < 1.29 is 4.79 Å². The summed E-state index contributed by atoms with van der Waals surface area (Å²) in [7, 11) is 0. The van der Waals surface area contributed by atoms with Crippen molar-refractivity contribution in [3.63, 3.8) is 0 Å². The van der Waals surface area contributed by atoms with Crippen LogP contribution >= 0.6 is 0 Å². The fourth-order valence-electron chi connectivity index (χ4n) is 2.69. The third-order valence-corrected chi connectivity index (χ3v) is 3.68. The number of amides is 1. The highest BCUT2D eigenvalue weighted by molar-refractivity contribution is 5.91. The average molecular weight is 231 g/mol. The maximum Gasteiger partial charge on any atom is 0.223 e. The molecule has 1 aromatic carbocycles. The molecule has 0 saturated heterocycles. The lowest BCUT2D eigenvalue weighted by Crippen LogP contribution is -2.30. The summed E-state index contributed by atoms with van der Waals surface area (Å²) in [6.45, 7) is 2.52. The van der Waals surface area contributed by atoms with E-state index in [-0.39, 0.29) is 5.91 Å². The summed E-state index contributed by atoms with van der Waals surface area (Å²) in [6.07, 6.45) is 6.59. The smallest absolute Gasteiger partial charge is 0.223 e. The topological polar surface area (TPSA) is 20.3 Å². The van der Waals surface area contributed by atoms with Crippen molar-refractivity contribution in [1.82, 2.24) is 0 Å². The van der Waals surface area contributed by atoms with Crippen LogP contribution in [0, 0.1) is 5.92 Å². The Hall–Kier alpha value is -1.31. The van der Waals surface area contributed by atoms with Gasteiger partial charge in [-0.05, 0) is 24.5 Å². The van der Waals surface area contributed by atoms with E-state index < -0.39 is 0 Å². The number of anilines is 1. The molecule has 2 heteroatoms. The molecule has 1 aliphatic rings. The zero-order valence-corrected chi connectivity index (χ0v) is 10.6. The Morgan fingerprint density at radius 1 is 1.24 bits per heavy atom. The lowest BCUT2D eigenvalue weighted by atomic mass is 10.0. The molecule has 0 unspecified atom stereocenters. The van der Waals surface area contributed by atoms with Crippen LogP contribution < -0.4 is 4.90 Å². The number of carbonyl (C=O) groups excluding carboxylic acids is 1. The van der Waals surface area contributed by atoms with Crippen LogP contribution in [0.5, 0.6) is 0 Å². The molecule has 1 saturated carbocycles. The molecular formula is C15H21NO. The lowest BCUT2D eigenvalue weighted by Gasteiger charge is -2.22. The molecule has 0 N–H and O–H groups in total. The number of para-hydroxylation sites is 1. The number of carbonyl (C=O) groups is 1. The second kappa shape index (κ2) is 5.85. The van der Waals surface area contributed by atoms with Crippen LogP contribution in [0.2, 0.25) is 0 Å². The van der Waals surface area contributed by atoms with Gasteiger partial charge in [0.1, 0.15) is 0 Å². The maximum absolute atomic E-state index is 11.7. The van der Waals surface area contributed by atoms with Gasteiger partial charge < -0.3 is 4.90 Å². The van der Waals surface area contributed by atoms with Crippen molar-refractivity contribution in [2.45, 2.75) is 39.0 Å². The number of rotatable bonds is 4. The molecule has 0 aromatic heterocycles. The van der Waals surface area contributed by atoms with E-state index in [1.807, 2.05) is 35.2 Å². The van der Waals surface area contributed by atoms with Crippen LogP contribution in [-0.4, -0.2) is 12.5 Å². The Morgan fingerprint density at radius 3 is 2.47 bits per heavy atom. The first-order valence-corrected chi connectivity index (χ1v) is 6.60. The van der Waals surface area contributed by atoms with Crippen LogP contribution in [0.25, 0.3) is 0 Å². The summed E-state index contributed by atoms with van der Waals surface area (Å²) in [5.41, 5.74) is 1.03. The van der Waals surface area contributed by atoms with Crippen molar-refractivity contribution >= 4 is 11.6 Å². The summed E-state index contributed by atoms with van der Waals surface area (Å²) in [5.74, 6) is 0.981. The van der Waals surface area contributed by atoms with Crippen LogP contribution in [0.3, 0.4) is 0 Å². The van der Waals surface area contributed by atoms with Gasteiger partial charge in [0, 0.05) is 19.2 Å². The molecule has 0 radical (unpaired) electrons. The number of benzene rings is 1. The zero-order chi connectivity index (χ0) is 12.1. The Bertz CT molecular complexity index is 354. The van der Waals surface area contributed by atoms with E-state index in [9.17, 15) is 4.79 Å². The number of nitrogens with zero attached hydrogens (tertiary/aromatic N) is 1. The summed E-state index contributed by atoms with van der Waals surface area (Å²) < 4.78 is 0. The van der Waals surface area contributed by atoms with Crippen molar-refractivity contribution in [2.75, 3.05) is 11.4 Å². The largest absolute Gasteiger partial charge is 0.313 e. The summed E-state index contributed by atoms with van der Waals surface area (Å²) in [5, 5.41) is 0. The molecule has 1 amide bonds.